The molecule has 1 aromatic carbocycles. The quantitative estimate of drug-likeness (QED) is 0.639. The molecule has 0 spiro atoms. The Morgan fingerprint density at radius 3 is 2.55 bits per heavy atom. The first-order chi connectivity index (χ1) is 14.7. The Kier molecular flexibility index (Phi) is 8.86. The highest BCUT2D eigenvalue weighted by molar-refractivity contribution is 6.05. The second-order valence-electron chi connectivity index (χ2n) is 8.77. The highest BCUT2D eigenvalue weighted by atomic mass is 16.6. The zero-order valence-corrected chi connectivity index (χ0v) is 18.6. The van der Waals surface area contributed by atoms with Crippen LogP contribution < -0.4 is 10.6 Å². The summed E-state index contributed by atoms with van der Waals surface area (Å²) in [4.78, 5) is 38.9. The SMILES string of the molecule is CC(C)(C)OC(=O)Nc1cccc(C(=O)N(CCC2CCCCC2)C(=O)NCC#N)c1. The summed E-state index contributed by atoms with van der Waals surface area (Å²) in [6, 6.07) is 7.64. The molecular weight excluding hydrogens is 396 g/mol. The van der Waals surface area contributed by atoms with Crippen LogP contribution in [-0.4, -0.2) is 41.6 Å². The van der Waals surface area contributed by atoms with Gasteiger partial charge in [0, 0.05) is 17.8 Å². The van der Waals surface area contributed by atoms with Gasteiger partial charge in [-0.2, -0.15) is 5.26 Å². The molecule has 1 aliphatic rings. The van der Waals surface area contributed by atoms with Gasteiger partial charge in [0.1, 0.15) is 12.1 Å². The van der Waals surface area contributed by atoms with Crippen molar-refractivity contribution >= 4 is 23.7 Å². The highest BCUT2D eigenvalue weighted by Gasteiger charge is 2.25. The Morgan fingerprint density at radius 2 is 1.90 bits per heavy atom. The van der Waals surface area contributed by atoms with E-state index in [0.29, 0.717) is 11.6 Å². The standard InChI is InChI=1S/C23H32N4O4/c1-23(2,3)31-22(30)26-19-11-7-10-18(16-19)20(28)27(21(29)25-14-13-24)15-12-17-8-5-4-6-9-17/h7,10-11,16-17H,4-6,8-9,12,14-15H2,1-3H3,(H,25,29)(H,26,30). The number of nitrogens with zero attached hydrogens (tertiary/aromatic N) is 2. The number of benzene rings is 1. The van der Waals surface area contributed by atoms with Gasteiger partial charge < -0.3 is 10.1 Å². The van der Waals surface area contributed by atoms with E-state index in [4.69, 9.17) is 10.00 Å². The van der Waals surface area contributed by atoms with Gasteiger partial charge in [0.25, 0.3) is 5.91 Å². The molecule has 0 atom stereocenters. The molecule has 1 fully saturated rings. The van der Waals surface area contributed by atoms with Crippen molar-refractivity contribution in [3.05, 3.63) is 29.8 Å². The molecule has 31 heavy (non-hydrogen) atoms. The van der Waals surface area contributed by atoms with Gasteiger partial charge in [-0.3, -0.25) is 15.0 Å². The van der Waals surface area contributed by atoms with Crippen LogP contribution in [0, 0.1) is 17.2 Å². The van der Waals surface area contributed by atoms with Gasteiger partial charge in [-0.05, 0) is 51.3 Å². The Bertz CT molecular complexity index is 820. The molecule has 0 bridgehead atoms. The number of carbonyl (C=O) groups is 3. The number of nitrogens with one attached hydrogen (secondary N) is 2. The summed E-state index contributed by atoms with van der Waals surface area (Å²) < 4.78 is 5.24. The summed E-state index contributed by atoms with van der Waals surface area (Å²) in [6.07, 6.45) is 5.92. The summed E-state index contributed by atoms with van der Waals surface area (Å²) in [5.41, 5.74) is 0.0146. The van der Waals surface area contributed by atoms with E-state index in [-0.39, 0.29) is 18.7 Å². The fourth-order valence-electron chi connectivity index (χ4n) is 3.60. The van der Waals surface area contributed by atoms with Crippen LogP contribution in [0.2, 0.25) is 0 Å². The molecule has 1 saturated carbocycles. The molecule has 8 heteroatoms. The minimum atomic E-state index is -0.647. The minimum absolute atomic E-state index is 0.174. The zero-order valence-electron chi connectivity index (χ0n) is 18.6. The Morgan fingerprint density at radius 1 is 1.19 bits per heavy atom. The van der Waals surface area contributed by atoms with Crippen molar-refractivity contribution in [3.63, 3.8) is 0 Å². The zero-order chi connectivity index (χ0) is 22.9. The summed E-state index contributed by atoms with van der Waals surface area (Å²) in [6.45, 7) is 5.39. The molecule has 2 rings (SSSR count). The molecule has 4 amide bonds. The van der Waals surface area contributed by atoms with Crippen molar-refractivity contribution < 1.29 is 19.1 Å². The lowest BCUT2D eigenvalue weighted by Gasteiger charge is -2.26. The van der Waals surface area contributed by atoms with Gasteiger partial charge in [0.2, 0.25) is 0 Å². The molecule has 0 aromatic heterocycles. The number of carbonyl (C=O) groups excluding carboxylic acids is 3. The van der Waals surface area contributed by atoms with Crippen LogP contribution in [0.5, 0.6) is 0 Å². The largest absolute Gasteiger partial charge is 0.444 e. The Labute approximate surface area is 183 Å². The summed E-state index contributed by atoms with van der Waals surface area (Å²) >= 11 is 0. The third kappa shape index (κ3) is 8.28. The second-order valence-corrected chi connectivity index (χ2v) is 8.77. The van der Waals surface area contributed by atoms with E-state index in [0.717, 1.165) is 24.2 Å². The lowest BCUT2D eigenvalue weighted by Crippen LogP contribution is -2.45. The maximum Gasteiger partial charge on any atom is 0.412 e. The normalized spacial score (nSPS) is 14.3. The molecule has 0 radical (unpaired) electrons. The molecule has 1 aliphatic carbocycles. The minimum Gasteiger partial charge on any atom is -0.444 e. The van der Waals surface area contributed by atoms with Gasteiger partial charge in [-0.25, -0.2) is 9.59 Å². The van der Waals surface area contributed by atoms with Crippen LogP contribution in [0.1, 0.15) is 69.7 Å². The average Bonchev–Trinajstić information content (AvgIpc) is 2.71. The fourth-order valence-corrected chi connectivity index (χ4v) is 3.60. The summed E-state index contributed by atoms with van der Waals surface area (Å²) in [5.74, 6) is 0.0204. The van der Waals surface area contributed by atoms with E-state index in [1.54, 1.807) is 39.0 Å². The lowest BCUT2D eigenvalue weighted by atomic mass is 9.87. The molecule has 168 valence electrons. The topological polar surface area (TPSA) is 112 Å². The molecule has 1 aromatic rings. The number of amides is 4. The summed E-state index contributed by atoms with van der Waals surface area (Å²) in [7, 11) is 0. The van der Waals surface area contributed by atoms with E-state index in [2.05, 4.69) is 10.6 Å². The van der Waals surface area contributed by atoms with Crippen LogP contribution in [0.4, 0.5) is 15.3 Å². The molecule has 8 nitrogen and oxygen atoms in total. The van der Waals surface area contributed by atoms with E-state index in [9.17, 15) is 14.4 Å². The molecule has 2 N–H and O–H groups in total. The first kappa shape index (κ1) is 24.2. The van der Waals surface area contributed by atoms with E-state index in [1.165, 1.54) is 25.3 Å². The van der Waals surface area contributed by atoms with Crippen LogP contribution in [0.15, 0.2) is 24.3 Å². The van der Waals surface area contributed by atoms with Crippen LogP contribution in [-0.2, 0) is 4.74 Å². The van der Waals surface area contributed by atoms with Crippen molar-refractivity contribution in [3.8, 4) is 6.07 Å². The number of ether oxygens (including phenoxy) is 1. The van der Waals surface area contributed by atoms with Crippen molar-refractivity contribution in [1.29, 1.82) is 5.26 Å². The first-order valence-corrected chi connectivity index (χ1v) is 10.8. The first-order valence-electron chi connectivity index (χ1n) is 10.8. The monoisotopic (exact) mass is 428 g/mol. The highest BCUT2D eigenvalue weighted by Crippen LogP contribution is 2.26. The summed E-state index contributed by atoms with van der Waals surface area (Å²) in [5, 5.41) is 13.8. The second kappa shape index (κ2) is 11.3. The Hall–Kier alpha value is -3.08. The van der Waals surface area contributed by atoms with Crippen molar-refractivity contribution in [2.45, 2.75) is 64.9 Å². The molecule has 0 unspecified atom stereocenters. The van der Waals surface area contributed by atoms with Crippen molar-refractivity contribution in [2.75, 3.05) is 18.4 Å². The number of rotatable bonds is 6. The molecule has 0 heterocycles. The van der Waals surface area contributed by atoms with Crippen LogP contribution in [0.25, 0.3) is 0 Å². The fraction of sp³-hybridized carbons (Fsp3) is 0.565. The van der Waals surface area contributed by atoms with Crippen LogP contribution in [0.3, 0.4) is 0 Å². The maximum absolute atomic E-state index is 13.1. The smallest absolute Gasteiger partial charge is 0.412 e. The van der Waals surface area contributed by atoms with Gasteiger partial charge in [0.05, 0.1) is 6.07 Å². The third-order valence-corrected chi connectivity index (χ3v) is 5.05. The predicted molar refractivity (Wildman–Crippen MR) is 118 cm³/mol. The number of urea groups is 1. The number of hydrogen-bond acceptors (Lipinski definition) is 5. The maximum atomic E-state index is 13.1. The Balaban J connectivity index is 2.11. The predicted octanol–water partition coefficient (Wildman–Crippen LogP) is 4.68. The van der Waals surface area contributed by atoms with Crippen molar-refractivity contribution in [1.82, 2.24) is 10.2 Å². The van der Waals surface area contributed by atoms with Crippen molar-refractivity contribution in [2.24, 2.45) is 5.92 Å². The van der Waals surface area contributed by atoms with Gasteiger partial charge in [0.15, 0.2) is 0 Å². The third-order valence-electron chi connectivity index (χ3n) is 5.05. The number of hydrogen-bond donors (Lipinski definition) is 2. The molecular formula is C23H32N4O4. The number of imide groups is 1. The van der Waals surface area contributed by atoms with E-state index in [1.807, 2.05) is 6.07 Å². The van der Waals surface area contributed by atoms with E-state index >= 15 is 0 Å². The van der Waals surface area contributed by atoms with E-state index < -0.39 is 23.6 Å². The average molecular weight is 429 g/mol. The number of anilines is 1. The molecule has 0 aliphatic heterocycles. The van der Waals surface area contributed by atoms with Gasteiger partial charge in [-0.1, -0.05) is 38.2 Å². The van der Waals surface area contributed by atoms with Gasteiger partial charge >= 0.3 is 12.1 Å². The van der Waals surface area contributed by atoms with Crippen LogP contribution >= 0.6 is 0 Å². The lowest BCUT2D eigenvalue weighted by molar-refractivity contribution is 0.0634. The molecule has 0 saturated heterocycles. The van der Waals surface area contributed by atoms with Gasteiger partial charge in [-0.15, -0.1) is 0 Å². The number of nitriles is 1.